The lowest BCUT2D eigenvalue weighted by atomic mass is 9.85. The van der Waals surface area contributed by atoms with E-state index in [1.54, 1.807) is 0 Å². The highest BCUT2D eigenvalue weighted by molar-refractivity contribution is 5.95. The number of hydrogen-bond acceptors (Lipinski definition) is 6. The molecule has 29 heavy (non-hydrogen) atoms. The molecule has 0 radical (unpaired) electrons. The molecule has 2 aromatic rings. The zero-order valence-electron chi connectivity index (χ0n) is 14.8. The maximum atomic E-state index is 14.4. The smallest absolute Gasteiger partial charge is 0.283 e. The lowest BCUT2D eigenvalue weighted by molar-refractivity contribution is 0.0246. The predicted molar refractivity (Wildman–Crippen MR) is 91.3 cm³/mol. The van der Waals surface area contributed by atoms with Crippen LogP contribution in [0.2, 0.25) is 0 Å². The molecule has 0 saturated carbocycles. The van der Waals surface area contributed by atoms with E-state index in [0.29, 0.717) is 0 Å². The van der Waals surface area contributed by atoms with Crippen molar-refractivity contribution in [3.8, 4) is 0 Å². The van der Waals surface area contributed by atoms with Gasteiger partial charge in [-0.3, -0.25) is 9.78 Å². The fraction of sp³-hybridized carbons (Fsp3) is 0.333. The average Bonchev–Trinajstić information content (AvgIpc) is 2.69. The summed E-state index contributed by atoms with van der Waals surface area (Å²) in [6.07, 6.45) is -4.86. The molecule has 0 unspecified atom stereocenters. The fourth-order valence-electron chi connectivity index (χ4n) is 2.95. The van der Waals surface area contributed by atoms with Gasteiger partial charge in [0.2, 0.25) is 0 Å². The van der Waals surface area contributed by atoms with Crippen LogP contribution in [0.4, 0.5) is 22.0 Å². The van der Waals surface area contributed by atoms with Crippen molar-refractivity contribution in [3.05, 3.63) is 58.9 Å². The number of rotatable bonds is 6. The predicted octanol–water partition coefficient (Wildman–Crippen LogP) is 3.17. The molecule has 1 atom stereocenters. The van der Waals surface area contributed by atoms with Crippen LogP contribution >= 0.6 is 0 Å². The molecule has 0 fully saturated rings. The van der Waals surface area contributed by atoms with Crippen molar-refractivity contribution in [2.75, 3.05) is 6.61 Å². The Kier molecular flexibility index (Phi) is 5.76. The normalized spacial score (nSPS) is 19.2. The highest BCUT2D eigenvalue weighted by Crippen LogP contribution is 2.40. The van der Waals surface area contributed by atoms with Crippen molar-refractivity contribution in [1.82, 2.24) is 9.97 Å². The van der Waals surface area contributed by atoms with Gasteiger partial charge < -0.3 is 10.5 Å². The van der Waals surface area contributed by atoms with Crippen molar-refractivity contribution in [2.24, 2.45) is 10.7 Å². The van der Waals surface area contributed by atoms with Gasteiger partial charge >= 0.3 is 0 Å². The van der Waals surface area contributed by atoms with Gasteiger partial charge in [-0.1, -0.05) is 6.07 Å². The number of hydrogen-bond donors (Lipinski definition) is 1. The number of nitrogens with zero attached hydrogens (tertiary/aromatic N) is 3. The van der Waals surface area contributed by atoms with Gasteiger partial charge in [0.25, 0.3) is 18.9 Å². The molecule has 0 aliphatic carbocycles. The number of carbonyl (C=O) groups is 1. The number of halogens is 5. The standard InChI is InChI=1S/C18H15F5N4O2/c19-11-2-1-9(6-14(28)12-7-26-13(8-25-12)15(20)21)5-10(11)18(16(22)23)3-4-29-17(24)27-18/h1-2,5,7-8,15-16H,3-4,6H2,(H2,24,27)/t18-/m0/s1. The quantitative estimate of drug-likeness (QED) is 0.579. The molecule has 2 N–H and O–H groups in total. The van der Waals surface area contributed by atoms with Gasteiger partial charge in [-0.05, 0) is 17.7 Å². The van der Waals surface area contributed by atoms with Crippen LogP contribution in [-0.2, 0) is 16.7 Å². The summed E-state index contributed by atoms with van der Waals surface area (Å²) >= 11 is 0. The monoisotopic (exact) mass is 414 g/mol. The van der Waals surface area contributed by atoms with Gasteiger partial charge in [-0.2, -0.15) is 0 Å². The number of aromatic nitrogens is 2. The molecule has 0 amide bonds. The van der Waals surface area contributed by atoms with Crippen molar-refractivity contribution in [2.45, 2.75) is 31.2 Å². The Bertz CT molecular complexity index is 936. The Labute approximate surface area is 161 Å². The van der Waals surface area contributed by atoms with Crippen molar-refractivity contribution in [3.63, 3.8) is 0 Å². The third-order valence-electron chi connectivity index (χ3n) is 4.45. The molecular formula is C18H15F5N4O2. The molecule has 1 aliphatic rings. The second kappa shape index (κ2) is 8.10. The summed E-state index contributed by atoms with van der Waals surface area (Å²) in [6, 6.07) is 2.84. The van der Waals surface area contributed by atoms with E-state index in [2.05, 4.69) is 15.0 Å². The average molecular weight is 414 g/mol. The Morgan fingerprint density at radius 2 is 1.97 bits per heavy atom. The minimum absolute atomic E-state index is 0.172. The molecule has 0 spiro atoms. The summed E-state index contributed by atoms with van der Waals surface area (Å²) in [7, 11) is 0. The van der Waals surface area contributed by atoms with Crippen LogP contribution in [0.3, 0.4) is 0 Å². The van der Waals surface area contributed by atoms with E-state index in [9.17, 15) is 26.7 Å². The summed E-state index contributed by atoms with van der Waals surface area (Å²) in [6.45, 7) is -0.172. The molecule has 1 aromatic carbocycles. The molecule has 1 aromatic heterocycles. The van der Waals surface area contributed by atoms with E-state index in [-0.39, 0.29) is 30.7 Å². The minimum Gasteiger partial charge on any atom is -0.465 e. The topological polar surface area (TPSA) is 90.5 Å². The van der Waals surface area contributed by atoms with E-state index < -0.39 is 47.3 Å². The van der Waals surface area contributed by atoms with Gasteiger partial charge in [-0.15, -0.1) is 0 Å². The molecule has 2 heterocycles. The second-order valence-corrected chi connectivity index (χ2v) is 6.31. The number of carbonyl (C=O) groups excluding carboxylic acids is 1. The zero-order chi connectivity index (χ0) is 21.2. The maximum absolute atomic E-state index is 14.4. The Hall–Kier alpha value is -3.11. The van der Waals surface area contributed by atoms with Crippen LogP contribution in [0.25, 0.3) is 0 Å². The van der Waals surface area contributed by atoms with E-state index in [0.717, 1.165) is 24.5 Å². The first-order chi connectivity index (χ1) is 13.7. The second-order valence-electron chi connectivity index (χ2n) is 6.31. The molecule has 154 valence electrons. The molecule has 0 saturated heterocycles. The molecule has 3 rings (SSSR count). The number of aliphatic imine (C=N–C) groups is 1. The van der Waals surface area contributed by atoms with Crippen LogP contribution in [0.1, 0.15) is 40.2 Å². The maximum Gasteiger partial charge on any atom is 0.283 e. The lowest BCUT2D eigenvalue weighted by Gasteiger charge is -2.33. The van der Waals surface area contributed by atoms with Crippen molar-refractivity contribution >= 4 is 11.8 Å². The largest absolute Gasteiger partial charge is 0.465 e. The number of alkyl halides is 4. The molecule has 11 heteroatoms. The SMILES string of the molecule is NC1=N[C@@](c2cc(CC(=O)c3cnc(C(F)F)cn3)ccc2F)(C(F)F)CCO1. The molecule has 6 nitrogen and oxygen atoms in total. The van der Waals surface area contributed by atoms with E-state index >= 15 is 0 Å². The summed E-state index contributed by atoms with van der Waals surface area (Å²) in [5.41, 5.74) is 2.21. The summed E-state index contributed by atoms with van der Waals surface area (Å²) in [5, 5.41) is 0. The van der Waals surface area contributed by atoms with Crippen LogP contribution < -0.4 is 5.73 Å². The number of ketones is 1. The third kappa shape index (κ3) is 4.17. The van der Waals surface area contributed by atoms with Gasteiger partial charge in [0.1, 0.15) is 17.2 Å². The number of nitrogens with two attached hydrogens (primary N) is 1. The van der Waals surface area contributed by atoms with Crippen LogP contribution in [0, 0.1) is 5.82 Å². The van der Waals surface area contributed by atoms with E-state index in [4.69, 9.17) is 10.5 Å². The van der Waals surface area contributed by atoms with Gasteiger partial charge in [0, 0.05) is 18.4 Å². The summed E-state index contributed by atoms with van der Waals surface area (Å²) < 4.78 is 72.0. The van der Waals surface area contributed by atoms with Crippen LogP contribution in [-0.4, -0.2) is 34.8 Å². The number of Topliss-reactive ketones (excluding diaryl/α,β-unsaturated/α-hetero) is 1. The highest BCUT2D eigenvalue weighted by Gasteiger charge is 2.46. The van der Waals surface area contributed by atoms with Gasteiger partial charge in [-0.25, -0.2) is 31.9 Å². The Balaban J connectivity index is 1.91. The third-order valence-corrected chi connectivity index (χ3v) is 4.45. The first-order valence-electron chi connectivity index (χ1n) is 8.41. The van der Waals surface area contributed by atoms with Crippen LogP contribution in [0.5, 0.6) is 0 Å². The minimum atomic E-state index is -3.07. The van der Waals surface area contributed by atoms with Gasteiger partial charge in [0.05, 0.1) is 19.0 Å². The number of ether oxygens (including phenoxy) is 1. The fourth-order valence-corrected chi connectivity index (χ4v) is 2.95. The number of benzene rings is 1. The highest BCUT2D eigenvalue weighted by atomic mass is 19.3. The Morgan fingerprint density at radius 3 is 2.55 bits per heavy atom. The first-order valence-corrected chi connectivity index (χ1v) is 8.41. The first kappa shape index (κ1) is 20.6. The van der Waals surface area contributed by atoms with Crippen molar-refractivity contribution < 1.29 is 31.5 Å². The van der Waals surface area contributed by atoms with Crippen molar-refractivity contribution in [1.29, 1.82) is 0 Å². The number of amidine groups is 1. The lowest BCUT2D eigenvalue weighted by Crippen LogP contribution is -2.41. The zero-order valence-corrected chi connectivity index (χ0v) is 14.8. The van der Waals surface area contributed by atoms with E-state index in [1.165, 1.54) is 6.07 Å². The van der Waals surface area contributed by atoms with E-state index in [1.807, 2.05) is 0 Å². The summed E-state index contributed by atoms with van der Waals surface area (Å²) in [5.74, 6) is -1.53. The van der Waals surface area contributed by atoms with Gasteiger partial charge in [0.15, 0.2) is 11.3 Å². The Morgan fingerprint density at radius 1 is 1.21 bits per heavy atom. The molecule has 0 bridgehead atoms. The molecular weight excluding hydrogens is 399 g/mol. The molecule has 1 aliphatic heterocycles. The van der Waals surface area contributed by atoms with Crippen LogP contribution in [0.15, 0.2) is 35.6 Å². The summed E-state index contributed by atoms with van der Waals surface area (Å²) in [4.78, 5) is 23.1.